The van der Waals surface area contributed by atoms with Crippen LogP contribution in [0.3, 0.4) is 0 Å². The SMILES string of the molecule is CCCCNC(=O)N1CCC2(CC1)OCCCO2. The quantitative estimate of drug-likeness (QED) is 0.782. The van der Waals surface area contributed by atoms with Crippen molar-refractivity contribution in [1.29, 1.82) is 0 Å². The van der Waals surface area contributed by atoms with Crippen LogP contribution in [0.5, 0.6) is 0 Å². The molecule has 0 saturated carbocycles. The molecule has 2 aliphatic heterocycles. The molecule has 1 N–H and O–H groups in total. The first kappa shape index (κ1) is 13.6. The number of unbranched alkanes of at least 4 members (excludes halogenated alkanes) is 1. The number of likely N-dealkylation sites (tertiary alicyclic amines) is 1. The number of nitrogens with zero attached hydrogens (tertiary/aromatic N) is 1. The number of carbonyl (C=O) groups is 1. The maximum atomic E-state index is 11.9. The fraction of sp³-hybridized carbons (Fsp3) is 0.923. The van der Waals surface area contributed by atoms with Gasteiger partial charge in [-0.2, -0.15) is 0 Å². The van der Waals surface area contributed by atoms with Crippen LogP contribution in [0, 0.1) is 0 Å². The first-order valence-corrected chi connectivity index (χ1v) is 7.06. The van der Waals surface area contributed by atoms with E-state index in [1.807, 2.05) is 4.90 Å². The maximum Gasteiger partial charge on any atom is 0.317 e. The van der Waals surface area contributed by atoms with E-state index in [9.17, 15) is 4.79 Å². The van der Waals surface area contributed by atoms with Crippen molar-refractivity contribution in [1.82, 2.24) is 10.2 Å². The zero-order chi connectivity index (χ0) is 12.8. The molecule has 2 rings (SSSR count). The first-order chi connectivity index (χ1) is 8.76. The smallest absolute Gasteiger partial charge is 0.317 e. The standard InChI is InChI=1S/C13H24N2O3/c1-2-3-7-14-12(16)15-8-5-13(6-9-15)17-10-4-11-18-13/h2-11H2,1H3,(H,14,16). The van der Waals surface area contributed by atoms with Gasteiger partial charge in [0.2, 0.25) is 0 Å². The van der Waals surface area contributed by atoms with Gasteiger partial charge in [-0.1, -0.05) is 13.3 Å². The van der Waals surface area contributed by atoms with Crippen molar-refractivity contribution in [3.8, 4) is 0 Å². The molecule has 0 aliphatic carbocycles. The third-order valence-corrected chi connectivity index (χ3v) is 3.64. The van der Waals surface area contributed by atoms with Crippen LogP contribution in [-0.4, -0.2) is 49.6 Å². The first-order valence-electron chi connectivity index (χ1n) is 7.06. The Morgan fingerprint density at radius 1 is 1.28 bits per heavy atom. The number of urea groups is 1. The monoisotopic (exact) mass is 256 g/mol. The highest BCUT2D eigenvalue weighted by molar-refractivity contribution is 5.74. The van der Waals surface area contributed by atoms with Crippen molar-refractivity contribution in [3.63, 3.8) is 0 Å². The number of rotatable bonds is 3. The van der Waals surface area contributed by atoms with Gasteiger partial charge >= 0.3 is 6.03 Å². The Labute approximate surface area is 109 Å². The minimum atomic E-state index is -0.404. The second-order valence-corrected chi connectivity index (χ2v) is 5.03. The Hall–Kier alpha value is -0.810. The number of ether oxygens (including phenoxy) is 2. The van der Waals surface area contributed by atoms with E-state index in [1.54, 1.807) is 0 Å². The predicted octanol–water partition coefficient (Wildman–Crippen LogP) is 1.73. The summed E-state index contributed by atoms with van der Waals surface area (Å²) in [5, 5.41) is 2.95. The van der Waals surface area contributed by atoms with Crippen molar-refractivity contribution in [2.75, 3.05) is 32.8 Å². The van der Waals surface area contributed by atoms with Gasteiger partial charge in [-0.15, -0.1) is 0 Å². The maximum absolute atomic E-state index is 11.9. The predicted molar refractivity (Wildman–Crippen MR) is 68.4 cm³/mol. The molecule has 5 heteroatoms. The van der Waals surface area contributed by atoms with E-state index in [0.717, 1.165) is 65.0 Å². The lowest BCUT2D eigenvalue weighted by molar-refractivity contribution is -0.281. The Morgan fingerprint density at radius 2 is 1.94 bits per heavy atom. The molecule has 0 aromatic heterocycles. The van der Waals surface area contributed by atoms with Gasteiger partial charge in [-0.05, 0) is 12.8 Å². The lowest BCUT2D eigenvalue weighted by atomic mass is 10.0. The second kappa shape index (κ2) is 6.38. The van der Waals surface area contributed by atoms with Gasteiger partial charge in [0.05, 0.1) is 13.2 Å². The molecular formula is C13H24N2O3. The number of amides is 2. The Bertz CT molecular complexity index is 267. The third kappa shape index (κ3) is 3.36. The third-order valence-electron chi connectivity index (χ3n) is 3.64. The molecule has 2 heterocycles. The number of nitrogens with one attached hydrogen (secondary N) is 1. The highest BCUT2D eigenvalue weighted by atomic mass is 16.7. The van der Waals surface area contributed by atoms with Gasteiger partial charge in [0.15, 0.2) is 5.79 Å². The molecule has 0 aromatic carbocycles. The molecule has 18 heavy (non-hydrogen) atoms. The molecule has 2 amide bonds. The van der Waals surface area contributed by atoms with Crippen LogP contribution in [0.4, 0.5) is 4.79 Å². The molecule has 2 fully saturated rings. The summed E-state index contributed by atoms with van der Waals surface area (Å²) < 4.78 is 11.5. The Morgan fingerprint density at radius 3 is 2.56 bits per heavy atom. The van der Waals surface area contributed by atoms with Crippen molar-refractivity contribution in [2.24, 2.45) is 0 Å². The van der Waals surface area contributed by atoms with Gasteiger partial charge < -0.3 is 19.7 Å². The van der Waals surface area contributed by atoms with Crippen molar-refractivity contribution < 1.29 is 14.3 Å². The van der Waals surface area contributed by atoms with E-state index in [1.165, 1.54) is 0 Å². The van der Waals surface area contributed by atoms with Gasteiger partial charge in [0.25, 0.3) is 0 Å². The van der Waals surface area contributed by atoms with Crippen LogP contribution in [0.25, 0.3) is 0 Å². The minimum Gasteiger partial charge on any atom is -0.350 e. The zero-order valence-corrected chi connectivity index (χ0v) is 11.2. The summed E-state index contributed by atoms with van der Waals surface area (Å²) in [7, 11) is 0. The average molecular weight is 256 g/mol. The van der Waals surface area contributed by atoms with Crippen LogP contribution < -0.4 is 5.32 Å². The van der Waals surface area contributed by atoms with Gasteiger partial charge in [0.1, 0.15) is 0 Å². The van der Waals surface area contributed by atoms with Crippen LogP contribution in [0.1, 0.15) is 39.0 Å². The second-order valence-electron chi connectivity index (χ2n) is 5.03. The lowest BCUT2D eigenvalue weighted by Crippen LogP contribution is -2.53. The molecule has 0 bridgehead atoms. The van der Waals surface area contributed by atoms with Gasteiger partial charge in [0, 0.05) is 32.5 Å². The molecule has 2 aliphatic rings. The molecule has 0 radical (unpaired) electrons. The number of piperidine rings is 1. The fourth-order valence-electron chi connectivity index (χ4n) is 2.44. The summed E-state index contributed by atoms with van der Waals surface area (Å²) in [6.45, 7) is 5.89. The van der Waals surface area contributed by atoms with Crippen LogP contribution in [0.15, 0.2) is 0 Å². The summed E-state index contributed by atoms with van der Waals surface area (Å²) >= 11 is 0. The average Bonchev–Trinajstić information content (AvgIpc) is 2.41. The van der Waals surface area contributed by atoms with Crippen molar-refractivity contribution >= 4 is 6.03 Å². The fourth-order valence-corrected chi connectivity index (χ4v) is 2.44. The molecule has 5 nitrogen and oxygen atoms in total. The summed E-state index contributed by atoms with van der Waals surface area (Å²) in [5.41, 5.74) is 0. The molecule has 0 atom stereocenters. The van der Waals surface area contributed by atoms with Crippen LogP contribution in [-0.2, 0) is 9.47 Å². The molecule has 1 spiro atoms. The minimum absolute atomic E-state index is 0.0501. The highest BCUT2D eigenvalue weighted by Crippen LogP contribution is 2.30. The molecule has 0 unspecified atom stereocenters. The summed E-state index contributed by atoms with van der Waals surface area (Å²) in [4.78, 5) is 13.7. The van der Waals surface area contributed by atoms with Gasteiger partial charge in [-0.3, -0.25) is 0 Å². The van der Waals surface area contributed by atoms with Crippen LogP contribution >= 0.6 is 0 Å². The largest absolute Gasteiger partial charge is 0.350 e. The number of carbonyl (C=O) groups excluding carboxylic acids is 1. The van der Waals surface area contributed by atoms with E-state index in [-0.39, 0.29) is 6.03 Å². The van der Waals surface area contributed by atoms with E-state index in [0.29, 0.717) is 0 Å². The topological polar surface area (TPSA) is 50.8 Å². The van der Waals surface area contributed by atoms with E-state index >= 15 is 0 Å². The number of hydrogen-bond acceptors (Lipinski definition) is 3. The van der Waals surface area contributed by atoms with Gasteiger partial charge in [-0.25, -0.2) is 4.79 Å². The summed E-state index contributed by atoms with van der Waals surface area (Å²) in [6, 6.07) is 0.0501. The molecular weight excluding hydrogens is 232 g/mol. The molecule has 2 saturated heterocycles. The van der Waals surface area contributed by atoms with E-state index in [2.05, 4.69) is 12.2 Å². The Kier molecular flexibility index (Phi) is 4.83. The summed E-state index contributed by atoms with van der Waals surface area (Å²) in [5.74, 6) is -0.404. The number of hydrogen-bond donors (Lipinski definition) is 1. The van der Waals surface area contributed by atoms with E-state index < -0.39 is 5.79 Å². The zero-order valence-electron chi connectivity index (χ0n) is 11.2. The summed E-state index contributed by atoms with van der Waals surface area (Å²) in [6.07, 6.45) is 4.69. The van der Waals surface area contributed by atoms with Crippen LogP contribution in [0.2, 0.25) is 0 Å². The normalized spacial score (nSPS) is 23.1. The van der Waals surface area contributed by atoms with Crippen molar-refractivity contribution in [3.05, 3.63) is 0 Å². The Balaban J connectivity index is 1.73. The molecule has 0 aromatic rings. The molecule has 104 valence electrons. The van der Waals surface area contributed by atoms with E-state index in [4.69, 9.17) is 9.47 Å². The highest BCUT2D eigenvalue weighted by Gasteiger charge is 2.39. The van der Waals surface area contributed by atoms with Crippen molar-refractivity contribution in [2.45, 2.75) is 44.8 Å². The lowest BCUT2D eigenvalue weighted by Gasteiger charge is -2.43.